The number of hydrogen-bond acceptors (Lipinski definition) is 4. The SMILES string of the molecule is Cc1cccc(CN(C(=O)CN(c2cc(Cl)ccc2C)S(=O)(=O)c2ccccc2)C(C)C(=O)NC(C)C)c1. The van der Waals surface area contributed by atoms with Crippen LogP contribution in [0.2, 0.25) is 5.02 Å². The zero-order valence-corrected chi connectivity index (χ0v) is 23.9. The van der Waals surface area contributed by atoms with Crippen LogP contribution in [0.1, 0.15) is 37.5 Å². The third-order valence-electron chi connectivity index (χ3n) is 6.08. The lowest BCUT2D eigenvalue weighted by molar-refractivity contribution is -0.139. The van der Waals surface area contributed by atoms with Crippen molar-refractivity contribution in [2.45, 2.75) is 58.1 Å². The van der Waals surface area contributed by atoms with Crippen molar-refractivity contribution >= 4 is 39.1 Å². The number of aryl methyl sites for hydroxylation is 2. The fourth-order valence-corrected chi connectivity index (χ4v) is 5.74. The van der Waals surface area contributed by atoms with Gasteiger partial charge in [-0.15, -0.1) is 0 Å². The maximum atomic E-state index is 13.9. The predicted molar refractivity (Wildman–Crippen MR) is 152 cm³/mol. The molecule has 0 aliphatic heterocycles. The van der Waals surface area contributed by atoms with E-state index in [1.54, 1.807) is 44.2 Å². The van der Waals surface area contributed by atoms with E-state index < -0.39 is 28.5 Å². The van der Waals surface area contributed by atoms with Crippen molar-refractivity contribution in [3.63, 3.8) is 0 Å². The zero-order valence-electron chi connectivity index (χ0n) is 22.3. The molecule has 0 aliphatic carbocycles. The van der Waals surface area contributed by atoms with Gasteiger partial charge in [-0.1, -0.05) is 65.7 Å². The van der Waals surface area contributed by atoms with Crippen LogP contribution in [0, 0.1) is 13.8 Å². The Morgan fingerprint density at radius 3 is 2.24 bits per heavy atom. The predicted octanol–water partition coefficient (Wildman–Crippen LogP) is 5.09. The number of nitrogens with one attached hydrogen (secondary N) is 1. The highest BCUT2D eigenvalue weighted by Crippen LogP contribution is 2.30. The van der Waals surface area contributed by atoms with E-state index in [4.69, 9.17) is 11.6 Å². The average molecular weight is 556 g/mol. The van der Waals surface area contributed by atoms with Crippen LogP contribution in [0.3, 0.4) is 0 Å². The molecular weight excluding hydrogens is 522 g/mol. The van der Waals surface area contributed by atoms with Gasteiger partial charge >= 0.3 is 0 Å². The van der Waals surface area contributed by atoms with Crippen LogP contribution in [0.5, 0.6) is 0 Å². The van der Waals surface area contributed by atoms with Crippen LogP contribution in [0.25, 0.3) is 0 Å². The Morgan fingerprint density at radius 1 is 0.921 bits per heavy atom. The maximum absolute atomic E-state index is 13.9. The molecule has 0 heterocycles. The van der Waals surface area contributed by atoms with Gasteiger partial charge in [-0.3, -0.25) is 13.9 Å². The van der Waals surface area contributed by atoms with Crippen molar-refractivity contribution in [2.75, 3.05) is 10.8 Å². The summed E-state index contributed by atoms with van der Waals surface area (Å²) in [5.41, 5.74) is 2.78. The monoisotopic (exact) mass is 555 g/mol. The number of carbonyl (C=O) groups excluding carboxylic acids is 2. The number of anilines is 1. The molecule has 0 aromatic heterocycles. The van der Waals surface area contributed by atoms with Crippen LogP contribution in [0.15, 0.2) is 77.7 Å². The molecule has 0 spiro atoms. The normalized spacial score (nSPS) is 12.2. The molecule has 7 nitrogen and oxygen atoms in total. The summed E-state index contributed by atoms with van der Waals surface area (Å²) in [6.45, 7) is 8.66. The van der Waals surface area contributed by atoms with Crippen molar-refractivity contribution in [1.82, 2.24) is 10.2 Å². The van der Waals surface area contributed by atoms with E-state index in [1.165, 1.54) is 23.1 Å². The Kier molecular flexibility index (Phi) is 9.57. The molecule has 0 radical (unpaired) electrons. The molecule has 0 saturated heterocycles. The number of halogens is 1. The topological polar surface area (TPSA) is 86.8 Å². The number of hydrogen-bond donors (Lipinski definition) is 1. The number of nitrogens with zero attached hydrogens (tertiary/aromatic N) is 2. The number of amides is 2. The Balaban J connectivity index is 2.07. The van der Waals surface area contributed by atoms with E-state index in [-0.39, 0.29) is 23.4 Å². The molecule has 1 atom stereocenters. The molecule has 3 aromatic carbocycles. The fourth-order valence-electron chi connectivity index (χ4n) is 4.08. The summed E-state index contributed by atoms with van der Waals surface area (Å²) in [5, 5.41) is 3.19. The summed E-state index contributed by atoms with van der Waals surface area (Å²) >= 11 is 6.25. The Bertz CT molecular complexity index is 1390. The van der Waals surface area contributed by atoms with Crippen LogP contribution in [-0.4, -0.2) is 43.8 Å². The summed E-state index contributed by atoms with van der Waals surface area (Å²) in [6, 6.07) is 19.5. The number of benzene rings is 3. The molecule has 0 aliphatic rings. The van der Waals surface area contributed by atoms with Gasteiger partial charge in [0.05, 0.1) is 10.6 Å². The first-order valence-corrected chi connectivity index (χ1v) is 14.2. The summed E-state index contributed by atoms with van der Waals surface area (Å²) in [4.78, 5) is 28.4. The van der Waals surface area contributed by atoms with Crippen molar-refractivity contribution in [3.05, 3.63) is 94.5 Å². The number of sulfonamides is 1. The summed E-state index contributed by atoms with van der Waals surface area (Å²) in [6.07, 6.45) is 0. The van der Waals surface area contributed by atoms with Gasteiger partial charge in [0, 0.05) is 17.6 Å². The minimum Gasteiger partial charge on any atom is -0.352 e. The van der Waals surface area contributed by atoms with E-state index in [9.17, 15) is 18.0 Å². The quantitative estimate of drug-likeness (QED) is 0.377. The summed E-state index contributed by atoms with van der Waals surface area (Å²) in [5.74, 6) is -0.839. The first kappa shape index (κ1) is 29.2. The third-order valence-corrected chi connectivity index (χ3v) is 8.09. The van der Waals surface area contributed by atoms with E-state index in [2.05, 4.69) is 5.32 Å². The molecule has 9 heteroatoms. The molecule has 3 aromatic rings. The zero-order chi connectivity index (χ0) is 28.0. The molecule has 38 heavy (non-hydrogen) atoms. The third kappa shape index (κ3) is 7.14. The van der Waals surface area contributed by atoms with Crippen molar-refractivity contribution in [1.29, 1.82) is 0 Å². The highest BCUT2D eigenvalue weighted by Gasteiger charge is 2.33. The lowest BCUT2D eigenvalue weighted by Gasteiger charge is -2.32. The maximum Gasteiger partial charge on any atom is 0.264 e. The van der Waals surface area contributed by atoms with E-state index in [0.717, 1.165) is 15.4 Å². The first-order chi connectivity index (χ1) is 17.9. The number of carbonyl (C=O) groups is 2. The lowest BCUT2D eigenvalue weighted by atomic mass is 10.1. The minimum atomic E-state index is -4.14. The van der Waals surface area contributed by atoms with E-state index in [1.807, 2.05) is 45.0 Å². The minimum absolute atomic E-state index is 0.0445. The van der Waals surface area contributed by atoms with Crippen LogP contribution < -0.4 is 9.62 Å². The second-order valence-corrected chi connectivity index (χ2v) is 11.9. The smallest absolute Gasteiger partial charge is 0.264 e. The Hall–Kier alpha value is -3.36. The average Bonchev–Trinajstić information content (AvgIpc) is 2.87. The van der Waals surface area contributed by atoms with Crippen LogP contribution >= 0.6 is 11.6 Å². The first-order valence-electron chi connectivity index (χ1n) is 12.4. The number of rotatable bonds is 10. The second kappa shape index (κ2) is 12.5. The standard InChI is InChI=1S/C29H34ClN3O4S/c1-20(2)31-29(35)23(5)32(18-24-11-9-10-21(3)16-24)28(34)19-33(27-17-25(30)15-14-22(27)4)38(36,37)26-12-7-6-8-13-26/h6-17,20,23H,18-19H2,1-5H3,(H,31,35). The highest BCUT2D eigenvalue weighted by atomic mass is 35.5. The van der Waals surface area contributed by atoms with Gasteiger partial charge in [-0.2, -0.15) is 0 Å². The van der Waals surface area contributed by atoms with E-state index >= 15 is 0 Å². The summed E-state index contributed by atoms with van der Waals surface area (Å²) < 4.78 is 28.8. The molecular formula is C29H34ClN3O4S. The van der Waals surface area contributed by atoms with Gasteiger partial charge in [0.25, 0.3) is 10.0 Å². The Labute approximate surface area is 230 Å². The van der Waals surface area contributed by atoms with Gasteiger partial charge < -0.3 is 10.2 Å². The second-order valence-electron chi connectivity index (χ2n) is 9.61. The van der Waals surface area contributed by atoms with Gasteiger partial charge in [-0.25, -0.2) is 8.42 Å². The van der Waals surface area contributed by atoms with Gasteiger partial charge in [0.2, 0.25) is 11.8 Å². The molecule has 0 fully saturated rings. The lowest BCUT2D eigenvalue weighted by Crippen LogP contribution is -2.52. The molecule has 3 rings (SSSR count). The summed E-state index contributed by atoms with van der Waals surface area (Å²) in [7, 11) is -4.14. The molecule has 0 bridgehead atoms. The highest BCUT2D eigenvalue weighted by molar-refractivity contribution is 7.92. The van der Waals surface area contributed by atoms with Gasteiger partial charge in [0.1, 0.15) is 12.6 Å². The molecule has 2 amide bonds. The molecule has 1 N–H and O–H groups in total. The van der Waals surface area contributed by atoms with E-state index in [0.29, 0.717) is 16.3 Å². The van der Waals surface area contributed by atoms with Gasteiger partial charge in [-0.05, 0) is 70.0 Å². The Morgan fingerprint density at radius 2 is 1.61 bits per heavy atom. The van der Waals surface area contributed by atoms with Crippen molar-refractivity contribution in [3.8, 4) is 0 Å². The molecule has 202 valence electrons. The molecule has 0 saturated carbocycles. The van der Waals surface area contributed by atoms with Crippen molar-refractivity contribution in [2.24, 2.45) is 0 Å². The largest absolute Gasteiger partial charge is 0.352 e. The van der Waals surface area contributed by atoms with Crippen LogP contribution in [-0.2, 0) is 26.2 Å². The van der Waals surface area contributed by atoms with Crippen molar-refractivity contribution < 1.29 is 18.0 Å². The van der Waals surface area contributed by atoms with Crippen LogP contribution in [0.4, 0.5) is 5.69 Å². The van der Waals surface area contributed by atoms with Gasteiger partial charge in [0.15, 0.2) is 0 Å². The fraction of sp³-hybridized carbons (Fsp3) is 0.310. The molecule has 1 unspecified atom stereocenters.